The first-order valence-electron chi connectivity index (χ1n) is 3.39. The highest BCUT2D eigenvalue weighted by Gasteiger charge is 2.06. The van der Waals surface area contributed by atoms with Crippen LogP contribution in [0.15, 0.2) is 12.2 Å². The van der Waals surface area contributed by atoms with Crippen LogP contribution in [0.1, 0.15) is 6.92 Å². The lowest BCUT2D eigenvalue weighted by molar-refractivity contribution is -0.133. The topological polar surface area (TPSA) is 75.6 Å². The summed E-state index contributed by atoms with van der Waals surface area (Å²) in [5, 5.41) is 10.7. The monoisotopic (exact) mass is 173 g/mol. The van der Waals surface area contributed by atoms with Crippen LogP contribution >= 0.6 is 0 Å². The average Bonchev–Trinajstić information content (AvgIpc) is 2.00. The largest absolute Gasteiger partial charge is 0.478 e. The van der Waals surface area contributed by atoms with Gasteiger partial charge in [0.25, 0.3) is 0 Å². The van der Waals surface area contributed by atoms with Crippen molar-refractivity contribution >= 4 is 12.1 Å². The molecule has 0 spiro atoms. The number of hydrogen-bond acceptors (Lipinski definition) is 3. The maximum atomic E-state index is 10.6. The summed E-state index contributed by atoms with van der Waals surface area (Å²) in [6, 6.07) is 0. The van der Waals surface area contributed by atoms with Crippen molar-refractivity contribution in [2.45, 2.75) is 6.92 Å². The Morgan fingerprint density at radius 3 is 2.58 bits per heavy atom. The van der Waals surface area contributed by atoms with E-state index < -0.39 is 12.1 Å². The van der Waals surface area contributed by atoms with Gasteiger partial charge in [-0.05, 0) is 6.92 Å². The molecule has 0 aliphatic carbocycles. The Morgan fingerprint density at radius 1 is 1.58 bits per heavy atom. The molecule has 0 aliphatic heterocycles. The fourth-order valence-electron chi connectivity index (χ4n) is 0.410. The second kappa shape index (κ2) is 5.17. The maximum absolute atomic E-state index is 10.6. The van der Waals surface area contributed by atoms with Crippen LogP contribution in [0.2, 0.25) is 0 Å². The number of nitrogens with one attached hydrogen (secondary N) is 1. The molecule has 0 saturated carbocycles. The Bertz CT molecular complexity index is 200. The van der Waals surface area contributed by atoms with E-state index in [1.807, 2.05) is 0 Å². The smallest absolute Gasteiger partial charge is 0.407 e. The maximum Gasteiger partial charge on any atom is 0.407 e. The van der Waals surface area contributed by atoms with Crippen molar-refractivity contribution in [3.63, 3.8) is 0 Å². The molecule has 0 rings (SSSR count). The lowest BCUT2D eigenvalue weighted by Gasteiger charge is -2.03. The number of carboxylic acids is 1. The van der Waals surface area contributed by atoms with Crippen LogP contribution in [0, 0.1) is 0 Å². The van der Waals surface area contributed by atoms with Gasteiger partial charge in [0.15, 0.2) is 0 Å². The zero-order valence-corrected chi connectivity index (χ0v) is 6.79. The number of amides is 1. The second-order valence-corrected chi connectivity index (χ2v) is 2.02. The van der Waals surface area contributed by atoms with Crippen LogP contribution in [0.4, 0.5) is 4.79 Å². The molecule has 0 bridgehead atoms. The van der Waals surface area contributed by atoms with Crippen molar-refractivity contribution in [3.8, 4) is 0 Å². The van der Waals surface area contributed by atoms with Crippen LogP contribution < -0.4 is 5.32 Å². The third-order valence-corrected chi connectivity index (χ3v) is 1.00. The van der Waals surface area contributed by atoms with Gasteiger partial charge in [0.1, 0.15) is 6.61 Å². The van der Waals surface area contributed by atoms with Crippen molar-refractivity contribution in [1.82, 2.24) is 5.32 Å². The summed E-state index contributed by atoms with van der Waals surface area (Å²) >= 11 is 0. The van der Waals surface area contributed by atoms with Gasteiger partial charge in [-0.2, -0.15) is 0 Å². The molecule has 0 aromatic heterocycles. The summed E-state index contributed by atoms with van der Waals surface area (Å²) < 4.78 is 4.48. The van der Waals surface area contributed by atoms with E-state index in [1.54, 1.807) is 6.92 Å². The quantitative estimate of drug-likeness (QED) is 0.602. The van der Waals surface area contributed by atoms with E-state index >= 15 is 0 Å². The van der Waals surface area contributed by atoms with Gasteiger partial charge in [0.05, 0.1) is 5.57 Å². The molecule has 2 N–H and O–H groups in total. The average molecular weight is 173 g/mol. The lowest BCUT2D eigenvalue weighted by atomic mass is 10.3. The molecule has 0 aromatic carbocycles. The highest BCUT2D eigenvalue weighted by molar-refractivity contribution is 5.86. The molecule has 12 heavy (non-hydrogen) atoms. The molecule has 5 heteroatoms. The third kappa shape index (κ3) is 4.32. The predicted octanol–water partition coefficient (Wildman–Crippen LogP) is 0.373. The predicted molar refractivity (Wildman–Crippen MR) is 41.8 cm³/mol. The minimum absolute atomic E-state index is 0.152. The number of carbonyl (C=O) groups is 2. The van der Waals surface area contributed by atoms with Crippen LogP contribution in [0.3, 0.4) is 0 Å². The van der Waals surface area contributed by atoms with E-state index in [2.05, 4.69) is 16.6 Å². The Balaban J connectivity index is 3.61. The van der Waals surface area contributed by atoms with Crippen LogP contribution in [0.25, 0.3) is 0 Å². The van der Waals surface area contributed by atoms with Crippen molar-refractivity contribution in [2.75, 3.05) is 13.2 Å². The summed E-state index contributed by atoms with van der Waals surface area (Å²) in [6.45, 7) is 5.06. The molecule has 0 unspecified atom stereocenters. The fourth-order valence-corrected chi connectivity index (χ4v) is 0.410. The number of rotatable bonds is 4. The molecule has 0 radical (unpaired) electrons. The minimum Gasteiger partial charge on any atom is -0.478 e. The third-order valence-electron chi connectivity index (χ3n) is 1.00. The Hall–Kier alpha value is -1.52. The number of ether oxygens (including phenoxy) is 1. The van der Waals surface area contributed by atoms with Crippen molar-refractivity contribution in [1.29, 1.82) is 0 Å². The van der Waals surface area contributed by atoms with E-state index in [9.17, 15) is 9.59 Å². The number of aliphatic carboxylic acids is 1. The number of carboxylic acid groups (broad SMARTS) is 1. The van der Waals surface area contributed by atoms with Gasteiger partial charge in [-0.25, -0.2) is 9.59 Å². The Morgan fingerprint density at radius 2 is 2.17 bits per heavy atom. The second-order valence-electron chi connectivity index (χ2n) is 2.02. The van der Waals surface area contributed by atoms with Gasteiger partial charge in [-0.1, -0.05) is 6.58 Å². The van der Waals surface area contributed by atoms with Crippen molar-refractivity contribution in [3.05, 3.63) is 12.2 Å². The zero-order chi connectivity index (χ0) is 9.56. The molecule has 0 aliphatic rings. The van der Waals surface area contributed by atoms with E-state index in [0.29, 0.717) is 6.54 Å². The van der Waals surface area contributed by atoms with E-state index in [4.69, 9.17) is 5.11 Å². The molecule has 5 nitrogen and oxygen atoms in total. The van der Waals surface area contributed by atoms with E-state index in [0.717, 1.165) is 0 Å². The standard InChI is InChI=1S/C7H11NO4/c1-3-8-7(11)12-4-5(2)6(9)10/h2-4H2,1H3,(H,8,11)(H,9,10). The number of carbonyl (C=O) groups excluding carboxylic acids is 1. The molecule has 1 amide bonds. The summed E-state index contributed by atoms with van der Waals surface area (Å²) in [4.78, 5) is 20.8. The van der Waals surface area contributed by atoms with Crippen LogP contribution in [-0.4, -0.2) is 30.3 Å². The summed E-state index contributed by atoms with van der Waals surface area (Å²) in [5.41, 5.74) is -0.152. The van der Waals surface area contributed by atoms with Gasteiger partial charge in [0, 0.05) is 6.54 Å². The van der Waals surface area contributed by atoms with Gasteiger partial charge < -0.3 is 15.2 Å². The minimum atomic E-state index is -1.17. The summed E-state index contributed by atoms with van der Waals surface area (Å²) in [6.07, 6.45) is -0.639. The SMILES string of the molecule is C=C(COC(=O)NCC)C(=O)O. The molecule has 68 valence electrons. The summed E-state index contributed by atoms with van der Waals surface area (Å²) in [5.74, 6) is -1.17. The van der Waals surface area contributed by atoms with Gasteiger partial charge in [-0.3, -0.25) is 0 Å². The molecular weight excluding hydrogens is 162 g/mol. The molecule has 0 atom stereocenters. The zero-order valence-electron chi connectivity index (χ0n) is 6.79. The van der Waals surface area contributed by atoms with Crippen molar-refractivity contribution < 1.29 is 19.4 Å². The molecule has 0 fully saturated rings. The molecule has 0 heterocycles. The first-order chi connectivity index (χ1) is 5.57. The Kier molecular flexibility index (Phi) is 4.52. The number of hydrogen-bond donors (Lipinski definition) is 2. The van der Waals surface area contributed by atoms with Crippen LogP contribution in [0.5, 0.6) is 0 Å². The lowest BCUT2D eigenvalue weighted by Crippen LogP contribution is -2.25. The van der Waals surface area contributed by atoms with E-state index in [1.165, 1.54) is 0 Å². The molecular formula is C7H11NO4. The molecule has 0 saturated heterocycles. The first kappa shape index (κ1) is 10.5. The fraction of sp³-hybridized carbons (Fsp3) is 0.429. The van der Waals surface area contributed by atoms with E-state index in [-0.39, 0.29) is 12.2 Å². The normalized spacial score (nSPS) is 8.75. The first-order valence-corrected chi connectivity index (χ1v) is 3.39. The Labute approximate surface area is 70.0 Å². The highest BCUT2D eigenvalue weighted by atomic mass is 16.5. The highest BCUT2D eigenvalue weighted by Crippen LogP contribution is 1.91. The molecule has 0 aromatic rings. The van der Waals surface area contributed by atoms with Crippen molar-refractivity contribution in [2.24, 2.45) is 0 Å². The number of alkyl carbamates (subject to hydrolysis) is 1. The van der Waals surface area contributed by atoms with Gasteiger partial charge in [0.2, 0.25) is 0 Å². The van der Waals surface area contributed by atoms with Gasteiger partial charge >= 0.3 is 12.1 Å². The summed E-state index contributed by atoms with van der Waals surface area (Å²) in [7, 11) is 0. The van der Waals surface area contributed by atoms with Crippen LogP contribution in [-0.2, 0) is 9.53 Å². The van der Waals surface area contributed by atoms with Gasteiger partial charge in [-0.15, -0.1) is 0 Å².